The standard InChI is InChI=1S/C9H18O3/c1-5-8(4)12-9(10)11-6-7(2)3/h7-8H,5-6H2,1-4H3/t8-/m0/s1. The zero-order chi connectivity index (χ0) is 9.56. The van der Waals surface area contributed by atoms with Gasteiger partial charge in [0.05, 0.1) is 6.61 Å². The van der Waals surface area contributed by atoms with Crippen molar-refractivity contribution in [1.29, 1.82) is 0 Å². The first-order chi connectivity index (χ1) is 5.56. The highest BCUT2D eigenvalue weighted by molar-refractivity contribution is 5.60. The molecule has 0 unspecified atom stereocenters. The third-order valence-corrected chi connectivity index (χ3v) is 1.41. The van der Waals surface area contributed by atoms with Crippen LogP contribution in [-0.2, 0) is 9.47 Å². The fourth-order valence-electron chi connectivity index (χ4n) is 0.516. The maximum absolute atomic E-state index is 10.9. The van der Waals surface area contributed by atoms with Gasteiger partial charge in [-0.3, -0.25) is 0 Å². The first-order valence-corrected chi connectivity index (χ1v) is 4.39. The SMILES string of the molecule is CC[C@H](C)OC(=O)OCC(C)C. The van der Waals surface area contributed by atoms with E-state index in [0.717, 1.165) is 6.42 Å². The molecule has 0 aromatic heterocycles. The molecular weight excluding hydrogens is 156 g/mol. The number of rotatable bonds is 4. The van der Waals surface area contributed by atoms with Crippen molar-refractivity contribution in [2.45, 2.75) is 40.2 Å². The van der Waals surface area contributed by atoms with E-state index in [9.17, 15) is 4.79 Å². The van der Waals surface area contributed by atoms with Gasteiger partial charge >= 0.3 is 6.16 Å². The number of hydrogen-bond acceptors (Lipinski definition) is 3. The van der Waals surface area contributed by atoms with Crippen molar-refractivity contribution >= 4 is 6.16 Å². The Kier molecular flexibility index (Phi) is 5.51. The van der Waals surface area contributed by atoms with Crippen molar-refractivity contribution in [2.75, 3.05) is 6.61 Å². The molecule has 0 spiro atoms. The quantitative estimate of drug-likeness (QED) is 0.614. The Balaban J connectivity index is 3.46. The van der Waals surface area contributed by atoms with Crippen LogP contribution in [0.4, 0.5) is 4.79 Å². The molecule has 1 atom stereocenters. The summed E-state index contributed by atoms with van der Waals surface area (Å²) in [7, 11) is 0. The minimum atomic E-state index is -0.557. The van der Waals surface area contributed by atoms with Crippen LogP contribution >= 0.6 is 0 Å². The molecule has 0 aliphatic carbocycles. The molecule has 3 heteroatoms. The summed E-state index contributed by atoms with van der Waals surface area (Å²) in [5, 5.41) is 0. The average Bonchev–Trinajstić information content (AvgIpc) is 2.00. The van der Waals surface area contributed by atoms with Crippen LogP contribution in [0.2, 0.25) is 0 Å². The van der Waals surface area contributed by atoms with Crippen molar-refractivity contribution in [3.8, 4) is 0 Å². The van der Waals surface area contributed by atoms with Gasteiger partial charge in [0.1, 0.15) is 6.10 Å². The van der Waals surface area contributed by atoms with E-state index in [-0.39, 0.29) is 6.10 Å². The van der Waals surface area contributed by atoms with Crippen molar-refractivity contribution in [3.05, 3.63) is 0 Å². The third kappa shape index (κ3) is 6.01. The smallest absolute Gasteiger partial charge is 0.434 e. The van der Waals surface area contributed by atoms with Gasteiger partial charge in [0.15, 0.2) is 0 Å². The van der Waals surface area contributed by atoms with Gasteiger partial charge in [0.2, 0.25) is 0 Å². The van der Waals surface area contributed by atoms with Gasteiger partial charge in [-0.2, -0.15) is 0 Å². The minimum Gasteiger partial charge on any atom is -0.434 e. The minimum absolute atomic E-state index is 0.0512. The first-order valence-electron chi connectivity index (χ1n) is 4.39. The monoisotopic (exact) mass is 174 g/mol. The normalized spacial score (nSPS) is 12.8. The molecule has 0 rings (SSSR count). The summed E-state index contributed by atoms with van der Waals surface area (Å²) < 4.78 is 9.70. The predicted octanol–water partition coefficient (Wildman–Crippen LogP) is 2.59. The van der Waals surface area contributed by atoms with Crippen molar-refractivity contribution < 1.29 is 14.3 Å². The van der Waals surface area contributed by atoms with Crippen molar-refractivity contribution in [2.24, 2.45) is 5.92 Å². The molecule has 0 amide bonds. The van der Waals surface area contributed by atoms with E-state index in [4.69, 9.17) is 9.47 Å². The molecule has 0 aliphatic heterocycles. The van der Waals surface area contributed by atoms with Gasteiger partial charge in [-0.25, -0.2) is 4.79 Å². The maximum atomic E-state index is 10.9. The van der Waals surface area contributed by atoms with Gasteiger partial charge in [-0.1, -0.05) is 20.8 Å². The Morgan fingerprint density at radius 1 is 1.33 bits per heavy atom. The molecule has 0 aliphatic rings. The van der Waals surface area contributed by atoms with Crippen molar-refractivity contribution in [1.82, 2.24) is 0 Å². The van der Waals surface area contributed by atoms with Gasteiger partial charge < -0.3 is 9.47 Å². The Hall–Kier alpha value is -0.730. The maximum Gasteiger partial charge on any atom is 0.508 e. The van der Waals surface area contributed by atoms with E-state index < -0.39 is 6.16 Å². The summed E-state index contributed by atoms with van der Waals surface area (Å²) in [6.07, 6.45) is 0.208. The molecule has 0 saturated heterocycles. The zero-order valence-electron chi connectivity index (χ0n) is 8.29. The lowest BCUT2D eigenvalue weighted by Crippen LogP contribution is -2.17. The highest BCUT2D eigenvalue weighted by Crippen LogP contribution is 2.00. The highest BCUT2D eigenvalue weighted by Gasteiger charge is 2.08. The second-order valence-corrected chi connectivity index (χ2v) is 3.29. The lowest BCUT2D eigenvalue weighted by atomic mass is 10.2. The molecule has 72 valence electrons. The number of carbonyl (C=O) groups excluding carboxylic acids is 1. The van der Waals surface area contributed by atoms with E-state index in [1.807, 2.05) is 27.7 Å². The molecule has 12 heavy (non-hydrogen) atoms. The molecule has 0 saturated carbocycles. The van der Waals surface area contributed by atoms with Crippen LogP contribution in [0, 0.1) is 5.92 Å². The van der Waals surface area contributed by atoms with Crippen LogP contribution in [0.3, 0.4) is 0 Å². The molecule has 0 fully saturated rings. The number of hydrogen-bond donors (Lipinski definition) is 0. The van der Waals surface area contributed by atoms with Gasteiger partial charge in [-0.05, 0) is 19.3 Å². The summed E-state index contributed by atoms with van der Waals surface area (Å²) in [6, 6.07) is 0. The molecule has 0 N–H and O–H groups in total. The third-order valence-electron chi connectivity index (χ3n) is 1.41. The molecular formula is C9H18O3. The summed E-state index contributed by atoms with van der Waals surface area (Å²) >= 11 is 0. The Labute approximate surface area is 74.0 Å². The van der Waals surface area contributed by atoms with Crippen LogP contribution in [0.5, 0.6) is 0 Å². The Bertz CT molecular complexity index is 132. The summed E-state index contributed by atoms with van der Waals surface area (Å²) in [6.45, 7) is 8.19. The second kappa shape index (κ2) is 5.86. The average molecular weight is 174 g/mol. The van der Waals surface area contributed by atoms with Crippen LogP contribution < -0.4 is 0 Å². The van der Waals surface area contributed by atoms with E-state index >= 15 is 0 Å². The second-order valence-electron chi connectivity index (χ2n) is 3.29. The highest BCUT2D eigenvalue weighted by atomic mass is 16.7. The summed E-state index contributed by atoms with van der Waals surface area (Å²) in [5.74, 6) is 0.356. The topological polar surface area (TPSA) is 35.5 Å². The predicted molar refractivity (Wildman–Crippen MR) is 47.0 cm³/mol. The Morgan fingerprint density at radius 3 is 2.33 bits per heavy atom. The van der Waals surface area contributed by atoms with Gasteiger partial charge in [0, 0.05) is 0 Å². The summed E-state index contributed by atoms with van der Waals surface area (Å²) in [4.78, 5) is 10.9. The molecule has 0 heterocycles. The van der Waals surface area contributed by atoms with E-state index in [0.29, 0.717) is 12.5 Å². The first kappa shape index (κ1) is 11.3. The fourth-order valence-corrected chi connectivity index (χ4v) is 0.516. The van der Waals surface area contributed by atoms with Crippen LogP contribution in [0.15, 0.2) is 0 Å². The number of carbonyl (C=O) groups is 1. The van der Waals surface area contributed by atoms with Crippen LogP contribution in [-0.4, -0.2) is 18.9 Å². The van der Waals surface area contributed by atoms with Crippen molar-refractivity contribution in [3.63, 3.8) is 0 Å². The van der Waals surface area contributed by atoms with Gasteiger partial charge in [-0.15, -0.1) is 0 Å². The number of ether oxygens (including phenoxy) is 2. The largest absolute Gasteiger partial charge is 0.508 e. The van der Waals surface area contributed by atoms with E-state index in [2.05, 4.69) is 0 Å². The fraction of sp³-hybridized carbons (Fsp3) is 0.889. The molecule has 0 radical (unpaired) electrons. The Morgan fingerprint density at radius 2 is 1.92 bits per heavy atom. The lowest BCUT2D eigenvalue weighted by Gasteiger charge is -2.11. The molecule has 0 aromatic rings. The van der Waals surface area contributed by atoms with Crippen LogP contribution in [0.25, 0.3) is 0 Å². The lowest BCUT2D eigenvalue weighted by molar-refractivity contribution is 0.0221. The van der Waals surface area contributed by atoms with Crippen LogP contribution in [0.1, 0.15) is 34.1 Å². The van der Waals surface area contributed by atoms with E-state index in [1.165, 1.54) is 0 Å². The summed E-state index contributed by atoms with van der Waals surface area (Å²) in [5.41, 5.74) is 0. The molecule has 3 nitrogen and oxygen atoms in total. The molecule has 0 aromatic carbocycles. The molecule has 0 bridgehead atoms. The zero-order valence-corrected chi connectivity index (χ0v) is 8.29. The van der Waals surface area contributed by atoms with Gasteiger partial charge in [0.25, 0.3) is 0 Å². The van der Waals surface area contributed by atoms with E-state index in [1.54, 1.807) is 0 Å².